The minimum atomic E-state index is -0.0802. The minimum Gasteiger partial charge on any atom is -0.496 e. The smallest absolute Gasteiger partial charge is 0.258 e. The van der Waals surface area contributed by atoms with Crippen molar-refractivity contribution in [3.63, 3.8) is 0 Å². The van der Waals surface area contributed by atoms with Crippen LogP contribution in [-0.2, 0) is 13.1 Å². The molecule has 1 aliphatic rings. The maximum Gasteiger partial charge on any atom is 0.258 e. The van der Waals surface area contributed by atoms with Gasteiger partial charge in [-0.25, -0.2) is 4.98 Å². The number of benzene rings is 1. The van der Waals surface area contributed by atoms with Gasteiger partial charge >= 0.3 is 0 Å². The van der Waals surface area contributed by atoms with E-state index in [0.717, 1.165) is 12.4 Å². The molecule has 0 aliphatic carbocycles. The van der Waals surface area contributed by atoms with Crippen LogP contribution in [0.2, 0.25) is 0 Å². The quantitative estimate of drug-likeness (QED) is 0.832. The highest BCUT2D eigenvalue weighted by Crippen LogP contribution is 2.24. The van der Waals surface area contributed by atoms with Crippen molar-refractivity contribution in [2.24, 2.45) is 0 Å². The summed E-state index contributed by atoms with van der Waals surface area (Å²) in [5.74, 6) is 1.36. The summed E-state index contributed by atoms with van der Waals surface area (Å²) in [6.07, 6.45) is 3.68. The Hall–Kier alpha value is -2.50. The molecule has 0 radical (unpaired) electrons. The molecule has 2 N–H and O–H groups in total. The van der Waals surface area contributed by atoms with Crippen LogP contribution >= 0.6 is 0 Å². The number of nitrogens with two attached hydrogens (primary N) is 1. The molecular weight excluding hydrogens is 256 g/mol. The number of fused-ring (bicyclic) bond motifs is 1. The molecule has 2 aromatic rings. The maximum atomic E-state index is 12.6. The molecule has 6 heteroatoms. The van der Waals surface area contributed by atoms with E-state index in [4.69, 9.17) is 10.5 Å². The zero-order chi connectivity index (χ0) is 14.1. The molecule has 6 nitrogen and oxygen atoms in total. The largest absolute Gasteiger partial charge is 0.496 e. The molecule has 0 fully saturated rings. The average molecular weight is 272 g/mol. The van der Waals surface area contributed by atoms with E-state index in [0.29, 0.717) is 30.1 Å². The molecular formula is C14H16N4O2. The fourth-order valence-electron chi connectivity index (χ4n) is 2.41. The summed E-state index contributed by atoms with van der Waals surface area (Å²) in [6, 6.07) is 5.09. The summed E-state index contributed by atoms with van der Waals surface area (Å²) in [6.45, 7) is 1.91. The third kappa shape index (κ3) is 2.09. The first-order chi connectivity index (χ1) is 9.69. The second-order valence-corrected chi connectivity index (χ2v) is 4.72. The second-order valence-electron chi connectivity index (χ2n) is 4.72. The van der Waals surface area contributed by atoms with Crippen molar-refractivity contribution in [2.45, 2.75) is 13.1 Å². The number of nitrogens with zero attached hydrogens (tertiary/aromatic N) is 3. The van der Waals surface area contributed by atoms with Gasteiger partial charge in [0.1, 0.15) is 11.6 Å². The Morgan fingerprint density at radius 3 is 3.05 bits per heavy atom. The number of aromatic nitrogens is 2. The Labute approximate surface area is 116 Å². The monoisotopic (exact) mass is 272 g/mol. The lowest BCUT2D eigenvalue weighted by molar-refractivity contribution is 0.0704. The van der Waals surface area contributed by atoms with Crippen molar-refractivity contribution in [3.05, 3.63) is 42.0 Å². The van der Waals surface area contributed by atoms with Gasteiger partial charge in [-0.2, -0.15) is 0 Å². The lowest BCUT2D eigenvalue weighted by Crippen LogP contribution is -2.38. The molecule has 1 aromatic carbocycles. The van der Waals surface area contributed by atoms with Gasteiger partial charge in [-0.05, 0) is 18.2 Å². The van der Waals surface area contributed by atoms with Gasteiger partial charge in [0, 0.05) is 31.2 Å². The molecule has 0 unspecified atom stereocenters. The summed E-state index contributed by atoms with van der Waals surface area (Å²) < 4.78 is 7.30. The lowest BCUT2D eigenvalue weighted by Gasteiger charge is -2.28. The van der Waals surface area contributed by atoms with Crippen molar-refractivity contribution >= 4 is 11.6 Å². The van der Waals surface area contributed by atoms with Crippen LogP contribution in [-0.4, -0.2) is 34.0 Å². The van der Waals surface area contributed by atoms with Gasteiger partial charge in [0.05, 0.1) is 19.2 Å². The molecule has 0 spiro atoms. The van der Waals surface area contributed by atoms with E-state index in [1.807, 2.05) is 6.20 Å². The first-order valence-corrected chi connectivity index (χ1v) is 6.42. The highest BCUT2D eigenvalue weighted by atomic mass is 16.5. The van der Waals surface area contributed by atoms with Crippen LogP contribution in [0.25, 0.3) is 0 Å². The number of methoxy groups -OCH3 is 1. The predicted octanol–water partition coefficient (Wildman–Crippen LogP) is 1.13. The van der Waals surface area contributed by atoms with Crippen molar-refractivity contribution < 1.29 is 9.53 Å². The topological polar surface area (TPSA) is 73.4 Å². The number of carbonyl (C=O) groups excluding carboxylic acids is 1. The van der Waals surface area contributed by atoms with Crippen LogP contribution in [0.4, 0.5) is 5.69 Å². The van der Waals surface area contributed by atoms with E-state index >= 15 is 0 Å². The second kappa shape index (κ2) is 4.88. The van der Waals surface area contributed by atoms with Gasteiger partial charge in [0.2, 0.25) is 0 Å². The molecule has 104 valence electrons. The van der Waals surface area contributed by atoms with Crippen molar-refractivity contribution in [1.82, 2.24) is 14.5 Å². The Morgan fingerprint density at radius 2 is 2.25 bits per heavy atom. The molecule has 2 heterocycles. The number of anilines is 1. The van der Waals surface area contributed by atoms with E-state index in [1.54, 1.807) is 36.4 Å². The Kier molecular flexibility index (Phi) is 3.06. The normalized spacial score (nSPS) is 13.9. The molecule has 1 aliphatic heterocycles. The van der Waals surface area contributed by atoms with Gasteiger partial charge < -0.3 is 19.9 Å². The summed E-state index contributed by atoms with van der Waals surface area (Å²) in [5.41, 5.74) is 6.81. The van der Waals surface area contributed by atoms with Gasteiger partial charge in [-0.1, -0.05) is 0 Å². The number of hydrogen-bond donors (Lipinski definition) is 1. The maximum absolute atomic E-state index is 12.6. The number of rotatable bonds is 2. The van der Waals surface area contributed by atoms with Gasteiger partial charge in [0.15, 0.2) is 0 Å². The summed E-state index contributed by atoms with van der Waals surface area (Å²) in [7, 11) is 1.55. The van der Waals surface area contributed by atoms with Crippen molar-refractivity contribution in [3.8, 4) is 5.75 Å². The molecule has 20 heavy (non-hydrogen) atoms. The number of ether oxygens (including phenoxy) is 1. The molecule has 1 amide bonds. The molecule has 0 saturated heterocycles. The van der Waals surface area contributed by atoms with Crippen LogP contribution < -0.4 is 10.5 Å². The van der Waals surface area contributed by atoms with Crippen LogP contribution in [0.5, 0.6) is 5.75 Å². The fraction of sp³-hybridized carbons (Fsp3) is 0.286. The number of carbonyl (C=O) groups is 1. The Morgan fingerprint density at radius 1 is 1.40 bits per heavy atom. The number of imidazole rings is 1. The molecule has 1 aromatic heterocycles. The van der Waals surface area contributed by atoms with Gasteiger partial charge in [-0.15, -0.1) is 0 Å². The van der Waals surface area contributed by atoms with Crippen molar-refractivity contribution in [1.29, 1.82) is 0 Å². The highest BCUT2D eigenvalue weighted by molar-refractivity contribution is 5.97. The van der Waals surface area contributed by atoms with E-state index < -0.39 is 0 Å². The van der Waals surface area contributed by atoms with Crippen LogP contribution in [0, 0.1) is 0 Å². The Balaban J connectivity index is 1.88. The SMILES string of the molecule is COc1ccc(N)cc1C(=O)N1CCn2ccnc2C1. The third-order valence-corrected chi connectivity index (χ3v) is 3.49. The standard InChI is InChI=1S/C14H16N4O2/c1-20-12-3-2-10(15)8-11(12)14(19)18-7-6-17-5-4-16-13(17)9-18/h2-5,8H,6-7,9,15H2,1H3. The first-order valence-electron chi connectivity index (χ1n) is 6.42. The predicted molar refractivity (Wildman–Crippen MR) is 74.4 cm³/mol. The zero-order valence-electron chi connectivity index (χ0n) is 11.2. The summed E-state index contributed by atoms with van der Waals surface area (Å²) in [4.78, 5) is 18.6. The summed E-state index contributed by atoms with van der Waals surface area (Å²) in [5, 5.41) is 0. The number of amides is 1. The molecule has 3 rings (SSSR count). The average Bonchev–Trinajstić information content (AvgIpc) is 2.93. The van der Waals surface area contributed by atoms with Crippen LogP contribution in [0.1, 0.15) is 16.2 Å². The van der Waals surface area contributed by atoms with E-state index in [9.17, 15) is 4.79 Å². The number of hydrogen-bond acceptors (Lipinski definition) is 4. The van der Waals surface area contributed by atoms with Gasteiger partial charge in [-0.3, -0.25) is 4.79 Å². The Bertz CT molecular complexity index is 650. The van der Waals surface area contributed by atoms with Crippen molar-refractivity contribution in [2.75, 3.05) is 19.4 Å². The fourth-order valence-corrected chi connectivity index (χ4v) is 2.41. The lowest BCUT2D eigenvalue weighted by atomic mass is 10.1. The minimum absolute atomic E-state index is 0.0802. The molecule has 0 bridgehead atoms. The first kappa shape index (κ1) is 12.5. The molecule has 0 saturated carbocycles. The summed E-state index contributed by atoms with van der Waals surface area (Å²) >= 11 is 0. The van der Waals surface area contributed by atoms with E-state index in [-0.39, 0.29) is 5.91 Å². The highest BCUT2D eigenvalue weighted by Gasteiger charge is 2.24. The zero-order valence-corrected chi connectivity index (χ0v) is 11.2. The van der Waals surface area contributed by atoms with E-state index in [2.05, 4.69) is 9.55 Å². The third-order valence-electron chi connectivity index (χ3n) is 3.49. The van der Waals surface area contributed by atoms with Crippen LogP contribution in [0.15, 0.2) is 30.6 Å². The molecule has 0 atom stereocenters. The van der Waals surface area contributed by atoms with Crippen LogP contribution in [0.3, 0.4) is 0 Å². The van der Waals surface area contributed by atoms with Gasteiger partial charge in [0.25, 0.3) is 5.91 Å². The van der Waals surface area contributed by atoms with E-state index in [1.165, 1.54) is 0 Å². The number of nitrogen functional groups attached to an aromatic ring is 1.